The molecule has 3 nitrogen and oxygen atoms in total. The van der Waals surface area contributed by atoms with Gasteiger partial charge in [0.05, 0.1) is 0 Å². The van der Waals surface area contributed by atoms with Crippen LogP contribution in [0.2, 0.25) is 0 Å². The zero-order valence-electron chi connectivity index (χ0n) is 12.2. The Labute approximate surface area is 125 Å². The molecule has 3 heteroatoms. The Hall–Kier alpha value is -1.97. The number of carbonyl (C=O) groups is 1. The first-order valence-corrected chi connectivity index (χ1v) is 7.16. The van der Waals surface area contributed by atoms with Gasteiger partial charge in [0.15, 0.2) is 5.78 Å². The third-order valence-corrected chi connectivity index (χ3v) is 3.51. The number of aliphatic hydroxyl groups excluding tert-OH is 1. The molecule has 0 saturated carbocycles. The van der Waals surface area contributed by atoms with E-state index in [1.165, 1.54) is 6.92 Å². The number of rotatable bonds is 7. The van der Waals surface area contributed by atoms with Crippen LogP contribution in [-0.2, 0) is 17.8 Å². The van der Waals surface area contributed by atoms with Gasteiger partial charge in [-0.15, -0.1) is 0 Å². The van der Waals surface area contributed by atoms with Crippen LogP contribution in [-0.4, -0.2) is 23.0 Å². The molecule has 2 atom stereocenters. The fourth-order valence-corrected chi connectivity index (χ4v) is 2.29. The van der Waals surface area contributed by atoms with Crippen molar-refractivity contribution in [2.24, 2.45) is 0 Å². The average molecular weight is 283 g/mol. The summed E-state index contributed by atoms with van der Waals surface area (Å²) < 4.78 is 0. The van der Waals surface area contributed by atoms with Gasteiger partial charge in [-0.2, -0.15) is 0 Å². The van der Waals surface area contributed by atoms with Crippen LogP contribution in [0.15, 0.2) is 60.7 Å². The maximum atomic E-state index is 11.5. The van der Waals surface area contributed by atoms with Gasteiger partial charge < -0.3 is 10.4 Å². The zero-order valence-corrected chi connectivity index (χ0v) is 12.2. The van der Waals surface area contributed by atoms with Crippen molar-refractivity contribution >= 4 is 5.78 Å². The normalized spacial score (nSPS) is 13.6. The van der Waals surface area contributed by atoms with E-state index in [9.17, 15) is 9.90 Å². The predicted octanol–water partition coefficient (Wildman–Crippen LogP) is 2.34. The first kappa shape index (κ1) is 15.4. The maximum absolute atomic E-state index is 11.5. The summed E-state index contributed by atoms with van der Waals surface area (Å²) in [5, 5.41) is 13.4. The SMILES string of the molecule is CC(=O)C(O)C(Cc1ccccc1)NCc1ccccc1. The van der Waals surface area contributed by atoms with Crippen LogP contribution in [0.4, 0.5) is 0 Å². The fourth-order valence-electron chi connectivity index (χ4n) is 2.29. The molecule has 0 aliphatic heterocycles. The molecule has 0 bridgehead atoms. The van der Waals surface area contributed by atoms with Gasteiger partial charge >= 0.3 is 0 Å². The molecule has 0 fully saturated rings. The lowest BCUT2D eigenvalue weighted by Crippen LogP contribution is -2.44. The van der Waals surface area contributed by atoms with Gasteiger partial charge in [0.1, 0.15) is 6.10 Å². The Morgan fingerprint density at radius 2 is 1.52 bits per heavy atom. The predicted molar refractivity (Wildman–Crippen MR) is 83.9 cm³/mol. The number of hydrogen-bond acceptors (Lipinski definition) is 3. The summed E-state index contributed by atoms with van der Waals surface area (Å²) >= 11 is 0. The number of hydrogen-bond donors (Lipinski definition) is 2. The van der Waals surface area contributed by atoms with Crippen molar-refractivity contribution in [3.05, 3.63) is 71.8 Å². The van der Waals surface area contributed by atoms with E-state index >= 15 is 0 Å². The molecular weight excluding hydrogens is 262 g/mol. The van der Waals surface area contributed by atoms with Crippen LogP contribution < -0.4 is 5.32 Å². The Morgan fingerprint density at radius 3 is 2.05 bits per heavy atom. The quantitative estimate of drug-likeness (QED) is 0.820. The highest BCUT2D eigenvalue weighted by Gasteiger charge is 2.22. The molecule has 2 aromatic rings. The number of ketones is 1. The van der Waals surface area contributed by atoms with Crippen molar-refractivity contribution in [3.8, 4) is 0 Å². The van der Waals surface area contributed by atoms with E-state index < -0.39 is 6.10 Å². The van der Waals surface area contributed by atoms with Crippen molar-refractivity contribution in [2.75, 3.05) is 0 Å². The molecule has 0 amide bonds. The number of nitrogens with one attached hydrogen (secondary N) is 1. The maximum Gasteiger partial charge on any atom is 0.159 e. The minimum atomic E-state index is -0.992. The lowest BCUT2D eigenvalue weighted by atomic mass is 9.99. The van der Waals surface area contributed by atoms with E-state index in [-0.39, 0.29) is 11.8 Å². The summed E-state index contributed by atoms with van der Waals surface area (Å²) in [5.41, 5.74) is 2.23. The summed E-state index contributed by atoms with van der Waals surface area (Å²) in [6.07, 6.45) is -0.372. The summed E-state index contributed by atoms with van der Waals surface area (Å²) in [5.74, 6) is -0.212. The van der Waals surface area contributed by atoms with Gasteiger partial charge in [-0.1, -0.05) is 60.7 Å². The number of Topliss-reactive ketones (excluding diaryl/α,β-unsaturated/α-hetero) is 1. The largest absolute Gasteiger partial charge is 0.384 e. The second kappa shape index (κ2) is 7.72. The third-order valence-electron chi connectivity index (χ3n) is 3.51. The molecule has 0 saturated heterocycles. The van der Waals surface area contributed by atoms with Gasteiger partial charge in [0, 0.05) is 12.6 Å². The molecule has 2 rings (SSSR count). The molecule has 2 aromatic carbocycles. The minimum Gasteiger partial charge on any atom is -0.384 e. The van der Waals surface area contributed by atoms with Crippen LogP contribution in [0.25, 0.3) is 0 Å². The van der Waals surface area contributed by atoms with E-state index in [0.717, 1.165) is 11.1 Å². The molecule has 0 radical (unpaired) electrons. The van der Waals surface area contributed by atoms with Crippen LogP contribution >= 0.6 is 0 Å². The van der Waals surface area contributed by atoms with Crippen molar-refractivity contribution < 1.29 is 9.90 Å². The van der Waals surface area contributed by atoms with Gasteiger partial charge in [0.2, 0.25) is 0 Å². The van der Waals surface area contributed by atoms with Crippen molar-refractivity contribution in [2.45, 2.75) is 32.0 Å². The van der Waals surface area contributed by atoms with E-state index in [0.29, 0.717) is 13.0 Å². The Morgan fingerprint density at radius 1 is 1.00 bits per heavy atom. The smallest absolute Gasteiger partial charge is 0.159 e. The first-order chi connectivity index (χ1) is 10.2. The highest BCUT2D eigenvalue weighted by molar-refractivity contribution is 5.81. The number of aliphatic hydroxyl groups is 1. The third kappa shape index (κ3) is 4.81. The van der Waals surface area contributed by atoms with Gasteiger partial charge in [-0.25, -0.2) is 0 Å². The zero-order chi connectivity index (χ0) is 15.1. The van der Waals surface area contributed by atoms with Crippen molar-refractivity contribution in [1.29, 1.82) is 0 Å². The Kier molecular flexibility index (Phi) is 5.67. The molecule has 0 aliphatic carbocycles. The molecule has 0 aromatic heterocycles. The molecule has 2 N–H and O–H groups in total. The highest BCUT2D eigenvalue weighted by Crippen LogP contribution is 2.08. The number of benzene rings is 2. The highest BCUT2D eigenvalue weighted by atomic mass is 16.3. The van der Waals surface area contributed by atoms with Gasteiger partial charge in [0.25, 0.3) is 0 Å². The lowest BCUT2D eigenvalue weighted by Gasteiger charge is -2.23. The van der Waals surface area contributed by atoms with Crippen molar-refractivity contribution in [1.82, 2.24) is 5.32 Å². The topological polar surface area (TPSA) is 49.3 Å². The summed E-state index contributed by atoms with van der Waals surface area (Å²) in [6, 6.07) is 19.6. The summed E-state index contributed by atoms with van der Waals surface area (Å²) in [6.45, 7) is 2.05. The minimum absolute atomic E-state index is 0.212. The van der Waals surface area contributed by atoms with Crippen LogP contribution in [0.3, 0.4) is 0 Å². The first-order valence-electron chi connectivity index (χ1n) is 7.16. The van der Waals surface area contributed by atoms with E-state index in [1.807, 2.05) is 60.7 Å². The molecule has 0 heterocycles. The fraction of sp³-hybridized carbons (Fsp3) is 0.278. The standard InChI is InChI=1S/C18H21NO2/c1-14(20)18(21)17(12-15-8-4-2-5-9-15)19-13-16-10-6-3-7-11-16/h2-11,17-19,21H,12-13H2,1H3. The molecule has 0 spiro atoms. The second-order valence-corrected chi connectivity index (χ2v) is 5.22. The van der Waals surface area contributed by atoms with E-state index in [1.54, 1.807) is 0 Å². The summed E-state index contributed by atoms with van der Waals surface area (Å²) in [4.78, 5) is 11.5. The second-order valence-electron chi connectivity index (χ2n) is 5.22. The van der Waals surface area contributed by atoms with Crippen LogP contribution in [0.5, 0.6) is 0 Å². The van der Waals surface area contributed by atoms with Crippen molar-refractivity contribution in [3.63, 3.8) is 0 Å². The van der Waals surface area contributed by atoms with Crippen LogP contribution in [0.1, 0.15) is 18.1 Å². The molecule has 0 aliphatic rings. The van der Waals surface area contributed by atoms with E-state index in [2.05, 4.69) is 5.32 Å². The van der Waals surface area contributed by atoms with Gasteiger partial charge in [-0.05, 0) is 24.5 Å². The molecule has 110 valence electrons. The molecule has 21 heavy (non-hydrogen) atoms. The van der Waals surface area contributed by atoms with Gasteiger partial charge in [-0.3, -0.25) is 4.79 Å². The Bertz CT molecular complexity index is 554. The molecule has 2 unspecified atom stereocenters. The van der Waals surface area contributed by atoms with E-state index in [4.69, 9.17) is 0 Å². The van der Waals surface area contributed by atoms with Crippen LogP contribution in [0, 0.1) is 0 Å². The molecular formula is C18H21NO2. The average Bonchev–Trinajstić information content (AvgIpc) is 2.52. The summed E-state index contributed by atoms with van der Waals surface area (Å²) in [7, 11) is 0. The monoisotopic (exact) mass is 283 g/mol. The lowest BCUT2D eigenvalue weighted by molar-refractivity contribution is -0.126. The Balaban J connectivity index is 2.03. The number of carbonyl (C=O) groups excluding carboxylic acids is 1.